The number of rotatable bonds is 26. The van der Waals surface area contributed by atoms with Crippen LogP contribution in [0.3, 0.4) is 0 Å². The second-order valence-corrected chi connectivity index (χ2v) is 17.7. The van der Waals surface area contributed by atoms with Gasteiger partial charge in [-0.25, -0.2) is 8.42 Å². The van der Waals surface area contributed by atoms with Gasteiger partial charge < -0.3 is 24.2 Å². The summed E-state index contributed by atoms with van der Waals surface area (Å²) >= 11 is 0. The maximum Gasteiger partial charge on any atom is 2.00 e. The maximum absolute atomic E-state index is 11.6. The van der Waals surface area contributed by atoms with Gasteiger partial charge in [-0.15, -0.1) is 5.75 Å². The van der Waals surface area contributed by atoms with Crippen LogP contribution in [0, 0.1) is 0 Å². The van der Waals surface area contributed by atoms with Crippen LogP contribution in [0.25, 0.3) is 0 Å². The van der Waals surface area contributed by atoms with Crippen molar-refractivity contribution in [1.29, 1.82) is 0 Å². The monoisotopic (exact) mass is 878 g/mol. The van der Waals surface area contributed by atoms with E-state index in [0.29, 0.717) is 23.7 Å². The van der Waals surface area contributed by atoms with Crippen LogP contribution < -0.4 is 14.6 Å². The second kappa shape index (κ2) is 28.6. The van der Waals surface area contributed by atoms with Crippen molar-refractivity contribution in [1.82, 2.24) is 0 Å². The zero-order valence-corrected chi connectivity index (χ0v) is 38.8. The van der Waals surface area contributed by atoms with Gasteiger partial charge in [-0.05, 0) is 91.4 Å². The average molecular weight is 879 g/mol. The van der Waals surface area contributed by atoms with E-state index in [-0.39, 0.29) is 64.8 Å². The van der Waals surface area contributed by atoms with Crippen molar-refractivity contribution in [2.24, 2.45) is 0 Å². The van der Waals surface area contributed by atoms with E-state index in [2.05, 4.69) is 13.8 Å². The molecule has 4 aromatic rings. The van der Waals surface area contributed by atoms with Crippen molar-refractivity contribution >= 4 is 58.0 Å². The molecule has 10 nitrogen and oxygen atoms in total. The summed E-state index contributed by atoms with van der Waals surface area (Å²) in [6.07, 6.45) is 23.1. The van der Waals surface area contributed by atoms with Crippen LogP contribution in [0.15, 0.2) is 94.7 Å². The molecule has 0 fully saturated rings. The van der Waals surface area contributed by atoms with Crippen LogP contribution in [-0.4, -0.2) is 68.8 Å². The van der Waals surface area contributed by atoms with E-state index in [1.165, 1.54) is 132 Å². The first kappa shape index (κ1) is 52.3. The van der Waals surface area contributed by atoms with Gasteiger partial charge in [-0.1, -0.05) is 135 Å². The van der Waals surface area contributed by atoms with Gasteiger partial charge in [0.1, 0.15) is 38.9 Å². The van der Waals surface area contributed by atoms with Crippen LogP contribution in [0.5, 0.6) is 34.5 Å². The van der Waals surface area contributed by atoms with E-state index < -0.39 is 20.2 Å². The third kappa shape index (κ3) is 22.5. The fraction of sp³-hybridized carbons (Fsp3) is 0.478. The number of hydrogen-bond donors (Lipinski definition) is 2. The molecule has 59 heavy (non-hydrogen) atoms. The van der Waals surface area contributed by atoms with Crippen molar-refractivity contribution in [3.05, 3.63) is 96.1 Å². The quantitative estimate of drug-likeness (QED) is 0.0351. The minimum Gasteiger partial charge on any atom is -0.872 e. The van der Waals surface area contributed by atoms with E-state index in [9.17, 15) is 36.2 Å². The number of phenolic OH excluding ortho intramolecular Hbond substituents is 1. The molecule has 0 aliphatic rings. The Morgan fingerprint density at radius 3 is 1.34 bits per heavy atom. The fourth-order valence-electron chi connectivity index (χ4n) is 6.60. The van der Waals surface area contributed by atoms with Gasteiger partial charge in [0.2, 0.25) is 0 Å². The van der Waals surface area contributed by atoms with Crippen LogP contribution in [-0.2, 0) is 33.1 Å². The topological polar surface area (TPSA) is 173 Å². The van der Waals surface area contributed by atoms with E-state index in [1.807, 2.05) is 0 Å². The third-order valence-electron chi connectivity index (χ3n) is 9.70. The summed E-state index contributed by atoms with van der Waals surface area (Å²) in [5.74, 6) is 1.13. The van der Waals surface area contributed by atoms with E-state index in [1.54, 1.807) is 36.4 Å². The number of hydrogen-bond acceptors (Lipinski definition) is 9. The summed E-state index contributed by atoms with van der Waals surface area (Å²) in [4.78, 5) is -0.486. The first-order valence-electron chi connectivity index (χ1n) is 20.9. The Morgan fingerprint density at radius 1 is 0.508 bits per heavy atom. The molecular formula is C46H62CaO10S2. The molecule has 13 heteroatoms. The normalized spacial score (nSPS) is 11.3. The first-order valence-corrected chi connectivity index (χ1v) is 23.7. The molecule has 320 valence electrons. The van der Waals surface area contributed by atoms with Gasteiger partial charge in [-0.3, -0.25) is 4.55 Å². The Hall–Kier alpha value is -2.84. The minimum absolute atomic E-state index is 0. The number of ether oxygens (including phenoxy) is 2. The van der Waals surface area contributed by atoms with Crippen LogP contribution >= 0.6 is 0 Å². The van der Waals surface area contributed by atoms with Gasteiger partial charge in [0.15, 0.2) is 0 Å². The van der Waals surface area contributed by atoms with E-state index >= 15 is 0 Å². The van der Waals surface area contributed by atoms with Gasteiger partial charge in [-0.2, -0.15) is 8.42 Å². The summed E-state index contributed by atoms with van der Waals surface area (Å²) in [5, 5.41) is 21.0. The fourth-order valence-corrected chi connectivity index (χ4v) is 7.72. The average Bonchev–Trinajstić information content (AvgIpc) is 3.16. The molecule has 0 aliphatic carbocycles. The zero-order chi connectivity index (χ0) is 42.2. The number of aryl methyl sites for hydroxylation is 2. The van der Waals surface area contributed by atoms with Crippen LogP contribution in [0.4, 0.5) is 0 Å². The SMILES string of the molecule is CCCCCCCCCCCc1cc(Oc2cccc(O)c2)cc(S(=O)(=O)O)c1.CCCCCCCCCCCc1cc(Oc2cccc([O-])c2)cc(S(=O)(=O)[O-])c1.[Ca+2]. The molecular weight excluding hydrogens is 817 g/mol. The largest absolute Gasteiger partial charge is 2.00 e. The molecule has 0 radical (unpaired) electrons. The van der Waals surface area contributed by atoms with Crippen molar-refractivity contribution in [2.45, 2.75) is 152 Å². The van der Waals surface area contributed by atoms with Gasteiger partial charge in [0.25, 0.3) is 10.1 Å². The molecule has 2 N–H and O–H groups in total. The molecule has 0 bridgehead atoms. The Labute approximate surface area is 383 Å². The molecule has 0 heterocycles. The summed E-state index contributed by atoms with van der Waals surface area (Å²) in [7, 11) is -8.92. The summed E-state index contributed by atoms with van der Waals surface area (Å²) in [5.41, 5.74) is 1.55. The maximum atomic E-state index is 11.6. The molecule has 0 aliphatic heterocycles. The standard InChI is InChI=1S/2C23H32O5S.Ca/c2*1-2-3-4-5-6-7-8-9-10-12-19-15-22(18-23(16-19)29(25,26)27)28-21-14-11-13-20(24)17-21;/h2*11,13-18,24H,2-10,12H2,1H3,(H,25,26,27);/q;;+2/p-2. The predicted molar refractivity (Wildman–Crippen MR) is 232 cm³/mol. The Balaban J connectivity index is 0.000000400. The Kier molecular flexibility index (Phi) is 25.4. The molecule has 0 atom stereocenters. The molecule has 4 rings (SSSR count). The smallest absolute Gasteiger partial charge is 0.872 e. The number of benzene rings is 4. The Morgan fingerprint density at radius 2 is 0.915 bits per heavy atom. The van der Waals surface area contributed by atoms with E-state index in [4.69, 9.17) is 9.47 Å². The Bertz CT molecular complexity index is 1870. The van der Waals surface area contributed by atoms with Crippen molar-refractivity contribution in [3.8, 4) is 34.5 Å². The van der Waals surface area contributed by atoms with Gasteiger partial charge >= 0.3 is 37.7 Å². The molecule has 0 amide bonds. The minimum atomic E-state index is -4.59. The van der Waals surface area contributed by atoms with Crippen molar-refractivity contribution in [3.63, 3.8) is 0 Å². The molecule has 4 aromatic carbocycles. The first-order chi connectivity index (χ1) is 27.8. The predicted octanol–water partition coefficient (Wildman–Crippen LogP) is 11.7. The molecule has 0 spiro atoms. The summed E-state index contributed by atoms with van der Waals surface area (Å²) in [6, 6.07) is 21.1. The second-order valence-electron chi connectivity index (χ2n) is 14.9. The summed E-state index contributed by atoms with van der Waals surface area (Å²) < 4.78 is 78.5. The molecule has 0 unspecified atom stereocenters. The van der Waals surface area contributed by atoms with Crippen molar-refractivity contribution in [2.75, 3.05) is 0 Å². The molecule has 0 aromatic heterocycles. The van der Waals surface area contributed by atoms with Crippen LogP contribution in [0.2, 0.25) is 0 Å². The van der Waals surface area contributed by atoms with Crippen LogP contribution in [0.1, 0.15) is 141 Å². The summed E-state index contributed by atoms with van der Waals surface area (Å²) in [6.45, 7) is 4.43. The number of unbranched alkanes of at least 4 members (excludes halogenated alkanes) is 16. The van der Waals surface area contributed by atoms with Gasteiger partial charge in [0, 0.05) is 12.1 Å². The third-order valence-corrected chi connectivity index (χ3v) is 11.3. The van der Waals surface area contributed by atoms with Crippen molar-refractivity contribution < 1.29 is 45.6 Å². The molecule has 0 saturated heterocycles. The number of aromatic hydroxyl groups is 1. The zero-order valence-electron chi connectivity index (χ0n) is 34.9. The number of phenols is 1. The molecule has 0 saturated carbocycles. The van der Waals surface area contributed by atoms with E-state index in [0.717, 1.165) is 49.7 Å². The van der Waals surface area contributed by atoms with Gasteiger partial charge in [0.05, 0.1) is 9.79 Å².